The molecule has 78 valence electrons. The smallest absolute Gasteiger partial charge is 0.124 e. The molecule has 0 bridgehead atoms. The lowest BCUT2D eigenvalue weighted by Gasteiger charge is -2.26. The molecule has 2 rings (SSSR count). The standard InChI is InChI=1S/C9H17N5/c1-13-8(10)6-12-9(13)7-14-4-2-11-3-5-14/h6,11H,2-5,7,10H2,1H3. The Kier molecular flexibility index (Phi) is 2.69. The maximum atomic E-state index is 5.72. The minimum absolute atomic E-state index is 0.732. The summed E-state index contributed by atoms with van der Waals surface area (Å²) >= 11 is 0. The average Bonchev–Trinajstić information content (AvgIpc) is 2.52. The second kappa shape index (κ2) is 3.98. The Bertz CT molecular complexity index is 300. The van der Waals surface area contributed by atoms with Crippen LogP contribution in [0.1, 0.15) is 5.82 Å². The molecule has 0 spiro atoms. The van der Waals surface area contributed by atoms with E-state index in [-0.39, 0.29) is 0 Å². The van der Waals surface area contributed by atoms with Crippen LogP contribution in [-0.2, 0) is 13.6 Å². The van der Waals surface area contributed by atoms with E-state index in [2.05, 4.69) is 15.2 Å². The second-order valence-electron chi connectivity index (χ2n) is 3.68. The maximum absolute atomic E-state index is 5.72. The third-order valence-corrected chi connectivity index (χ3v) is 2.69. The van der Waals surface area contributed by atoms with Crippen LogP contribution in [0.5, 0.6) is 0 Å². The molecule has 5 heteroatoms. The van der Waals surface area contributed by atoms with Gasteiger partial charge < -0.3 is 15.6 Å². The van der Waals surface area contributed by atoms with Crippen LogP contribution in [0.25, 0.3) is 0 Å². The summed E-state index contributed by atoms with van der Waals surface area (Å²) in [7, 11) is 1.96. The van der Waals surface area contributed by atoms with Gasteiger partial charge >= 0.3 is 0 Å². The van der Waals surface area contributed by atoms with Crippen molar-refractivity contribution in [1.29, 1.82) is 0 Å². The number of hydrogen-bond donors (Lipinski definition) is 2. The molecule has 1 aliphatic rings. The van der Waals surface area contributed by atoms with Crippen LogP contribution in [0.4, 0.5) is 5.82 Å². The van der Waals surface area contributed by atoms with Crippen LogP contribution in [-0.4, -0.2) is 40.6 Å². The average molecular weight is 195 g/mol. The van der Waals surface area contributed by atoms with Gasteiger partial charge in [-0.05, 0) is 0 Å². The van der Waals surface area contributed by atoms with Gasteiger partial charge in [0, 0.05) is 33.2 Å². The number of nitrogens with one attached hydrogen (secondary N) is 1. The fraction of sp³-hybridized carbons (Fsp3) is 0.667. The summed E-state index contributed by atoms with van der Waals surface area (Å²) < 4.78 is 1.95. The molecule has 0 aromatic carbocycles. The van der Waals surface area contributed by atoms with E-state index in [9.17, 15) is 0 Å². The van der Waals surface area contributed by atoms with E-state index in [0.717, 1.165) is 44.4 Å². The highest BCUT2D eigenvalue weighted by molar-refractivity contribution is 5.27. The van der Waals surface area contributed by atoms with Crippen molar-refractivity contribution in [2.45, 2.75) is 6.54 Å². The monoisotopic (exact) mass is 195 g/mol. The predicted octanol–water partition coefficient (Wildman–Crippen LogP) is -0.592. The second-order valence-corrected chi connectivity index (χ2v) is 3.68. The number of aromatic nitrogens is 2. The van der Waals surface area contributed by atoms with Crippen molar-refractivity contribution in [1.82, 2.24) is 19.8 Å². The number of imidazole rings is 1. The normalized spacial score (nSPS) is 18.6. The topological polar surface area (TPSA) is 59.1 Å². The first-order valence-corrected chi connectivity index (χ1v) is 4.96. The zero-order chi connectivity index (χ0) is 9.97. The lowest BCUT2D eigenvalue weighted by Crippen LogP contribution is -2.43. The summed E-state index contributed by atoms with van der Waals surface area (Å²) in [5, 5.41) is 3.33. The Hall–Kier alpha value is -1.07. The molecular weight excluding hydrogens is 178 g/mol. The summed E-state index contributed by atoms with van der Waals surface area (Å²) in [5.74, 6) is 1.78. The fourth-order valence-corrected chi connectivity index (χ4v) is 1.68. The van der Waals surface area contributed by atoms with Crippen LogP contribution >= 0.6 is 0 Å². The van der Waals surface area contributed by atoms with Gasteiger partial charge in [0.2, 0.25) is 0 Å². The van der Waals surface area contributed by atoms with Gasteiger partial charge in [-0.25, -0.2) is 4.98 Å². The van der Waals surface area contributed by atoms with Crippen molar-refractivity contribution in [2.24, 2.45) is 7.05 Å². The number of nitrogens with zero attached hydrogens (tertiary/aromatic N) is 3. The lowest BCUT2D eigenvalue weighted by atomic mass is 10.3. The molecule has 1 aromatic rings. The summed E-state index contributed by atoms with van der Waals surface area (Å²) in [5.41, 5.74) is 5.72. The van der Waals surface area contributed by atoms with E-state index in [1.807, 2.05) is 11.6 Å². The Morgan fingerprint density at radius 3 is 2.79 bits per heavy atom. The highest BCUT2D eigenvalue weighted by Gasteiger charge is 2.12. The molecule has 1 aliphatic heterocycles. The van der Waals surface area contributed by atoms with Gasteiger partial charge in [0.05, 0.1) is 12.7 Å². The number of nitrogens with two attached hydrogens (primary N) is 1. The molecular formula is C9H17N5. The molecule has 0 radical (unpaired) electrons. The number of nitrogen functional groups attached to an aromatic ring is 1. The molecule has 1 saturated heterocycles. The third kappa shape index (κ3) is 1.88. The van der Waals surface area contributed by atoms with Crippen LogP contribution < -0.4 is 11.1 Å². The van der Waals surface area contributed by atoms with Crippen molar-refractivity contribution in [3.05, 3.63) is 12.0 Å². The van der Waals surface area contributed by atoms with Crippen LogP contribution in [0.3, 0.4) is 0 Å². The minimum atomic E-state index is 0.732. The van der Waals surface area contributed by atoms with Crippen molar-refractivity contribution >= 4 is 5.82 Å². The number of hydrogen-bond acceptors (Lipinski definition) is 4. The van der Waals surface area contributed by atoms with Gasteiger partial charge in [-0.15, -0.1) is 0 Å². The van der Waals surface area contributed by atoms with E-state index >= 15 is 0 Å². The Balaban J connectivity index is 1.99. The molecule has 1 aromatic heterocycles. The highest BCUT2D eigenvalue weighted by atomic mass is 15.2. The fourth-order valence-electron chi connectivity index (χ4n) is 1.68. The molecule has 5 nitrogen and oxygen atoms in total. The van der Waals surface area contributed by atoms with E-state index in [0.29, 0.717) is 0 Å². The Morgan fingerprint density at radius 2 is 2.21 bits per heavy atom. The lowest BCUT2D eigenvalue weighted by molar-refractivity contribution is 0.226. The molecule has 0 amide bonds. The predicted molar refractivity (Wildman–Crippen MR) is 55.8 cm³/mol. The van der Waals surface area contributed by atoms with Crippen LogP contribution in [0.2, 0.25) is 0 Å². The van der Waals surface area contributed by atoms with E-state index in [4.69, 9.17) is 5.73 Å². The number of anilines is 1. The van der Waals surface area contributed by atoms with Crippen LogP contribution in [0.15, 0.2) is 6.20 Å². The first kappa shape index (κ1) is 9.48. The van der Waals surface area contributed by atoms with E-state index < -0.39 is 0 Å². The van der Waals surface area contributed by atoms with Crippen molar-refractivity contribution in [3.63, 3.8) is 0 Å². The summed E-state index contributed by atoms with van der Waals surface area (Å²) in [6.07, 6.45) is 1.72. The zero-order valence-corrected chi connectivity index (χ0v) is 8.53. The van der Waals surface area contributed by atoms with Gasteiger partial charge in [0.15, 0.2) is 0 Å². The number of piperazine rings is 1. The molecule has 1 fully saturated rings. The first-order chi connectivity index (χ1) is 6.77. The van der Waals surface area contributed by atoms with Gasteiger partial charge in [-0.2, -0.15) is 0 Å². The largest absolute Gasteiger partial charge is 0.384 e. The Labute approximate surface area is 83.9 Å². The quantitative estimate of drug-likeness (QED) is 0.662. The third-order valence-electron chi connectivity index (χ3n) is 2.69. The molecule has 3 N–H and O–H groups in total. The first-order valence-electron chi connectivity index (χ1n) is 4.96. The molecule has 0 atom stereocenters. The van der Waals surface area contributed by atoms with Crippen molar-refractivity contribution in [2.75, 3.05) is 31.9 Å². The van der Waals surface area contributed by atoms with Gasteiger partial charge in [-0.1, -0.05) is 0 Å². The summed E-state index contributed by atoms with van der Waals surface area (Å²) in [4.78, 5) is 6.67. The summed E-state index contributed by atoms with van der Waals surface area (Å²) in [6.45, 7) is 5.22. The summed E-state index contributed by atoms with van der Waals surface area (Å²) in [6, 6.07) is 0. The molecule has 0 aliphatic carbocycles. The molecule has 0 unspecified atom stereocenters. The minimum Gasteiger partial charge on any atom is -0.384 e. The SMILES string of the molecule is Cn1c(N)cnc1CN1CCNCC1. The van der Waals surface area contributed by atoms with Crippen LogP contribution in [0, 0.1) is 0 Å². The van der Waals surface area contributed by atoms with Gasteiger partial charge in [0.25, 0.3) is 0 Å². The molecule has 14 heavy (non-hydrogen) atoms. The zero-order valence-electron chi connectivity index (χ0n) is 8.53. The molecule has 2 heterocycles. The van der Waals surface area contributed by atoms with Crippen molar-refractivity contribution in [3.8, 4) is 0 Å². The Morgan fingerprint density at radius 1 is 1.50 bits per heavy atom. The van der Waals surface area contributed by atoms with Gasteiger partial charge in [-0.3, -0.25) is 4.90 Å². The maximum Gasteiger partial charge on any atom is 0.124 e. The van der Waals surface area contributed by atoms with E-state index in [1.165, 1.54) is 0 Å². The number of rotatable bonds is 2. The van der Waals surface area contributed by atoms with Crippen molar-refractivity contribution < 1.29 is 0 Å². The molecule has 0 saturated carbocycles. The highest BCUT2D eigenvalue weighted by Crippen LogP contribution is 2.07. The van der Waals surface area contributed by atoms with Gasteiger partial charge in [0.1, 0.15) is 11.6 Å². The van der Waals surface area contributed by atoms with E-state index in [1.54, 1.807) is 6.20 Å².